The molecule has 1 aromatic heterocycles. The van der Waals surface area contributed by atoms with Gasteiger partial charge in [0.1, 0.15) is 6.10 Å². The van der Waals surface area contributed by atoms with Gasteiger partial charge in [0.2, 0.25) is 11.7 Å². The molecule has 0 amide bonds. The third-order valence-electron chi connectivity index (χ3n) is 5.11. The predicted molar refractivity (Wildman–Crippen MR) is 101 cm³/mol. The summed E-state index contributed by atoms with van der Waals surface area (Å²) in [6.07, 6.45) is -3.38. The zero-order chi connectivity index (χ0) is 23.4. The van der Waals surface area contributed by atoms with Gasteiger partial charge in [-0.3, -0.25) is 9.59 Å². The number of alkyl halides is 3. The monoisotopic (exact) mass is 462 g/mol. The van der Waals surface area contributed by atoms with Gasteiger partial charge in [-0.25, -0.2) is 4.98 Å². The minimum Gasteiger partial charge on any atom is -0.474 e. The maximum absolute atomic E-state index is 13.4. The summed E-state index contributed by atoms with van der Waals surface area (Å²) in [5, 5.41) is 0. The lowest BCUT2D eigenvalue weighted by Crippen LogP contribution is -2.38. The summed E-state index contributed by atoms with van der Waals surface area (Å²) in [5.41, 5.74) is -0.506. The van der Waals surface area contributed by atoms with Gasteiger partial charge >= 0.3 is 18.1 Å². The van der Waals surface area contributed by atoms with E-state index in [9.17, 15) is 22.8 Å². The van der Waals surface area contributed by atoms with E-state index in [1.54, 1.807) is 0 Å². The fraction of sp³-hybridized carbons (Fsp3) is 0.700. The minimum atomic E-state index is -4.93. The Morgan fingerprint density at radius 2 is 1.66 bits per heavy atom. The number of carbonyl (C=O) groups is 2. The van der Waals surface area contributed by atoms with Crippen molar-refractivity contribution in [2.24, 2.45) is 0 Å². The van der Waals surface area contributed by atoms with Crippen molar-refractivity contribution in [1.29, 1.82) is 0 Å². The van der Waals surface area contributed by atoms with Crippen molar-refractivity contribution in [3.8, 4) is 5.88 Å². The lowest BCUT2D eigenvalue weighted by atomic mass is 9.92. The van der Waals surface area contributed by atoms with E-state index < -0.39 is 53.3 Å². The number of carbonyl (C=O) groups excluding carboxylic acids is 2. The molecule has 1 saturated heterocycles. The Labute approximate surface area is 182 Å². The first-order valence-electron chi connectivity index (χ1n) is 10.4. The van der Waals surface area contributed by atoms with E-state index in [1.807, 2.05) is 0 Å². The molecule has 0 radical (unpaired) electrons. The molecule has 1 aliphatic heterocycles. The smallest absolute Gasteiger partial charge is 0.451 e. The van der Waals surface area contributed by atoms with Crippen LogP contribution in [0.3, 0.4) is 0 Å². The van der Waals surface area contributed by atoms with Crippen LogP contribution in [-0.2, 0) is 34.7 Å². The van der Waals surface area contributed by atoms with Gasteiger partial charge in [0.25, 0.3) is 0 Å². The molecule has 0 bridgehead atoms. The van der Waals surface area contributed by atoms with Crippen molar-refractivity contribution in [3.05, 3.63) is 17.6 Å². The Balaban J connectivity index is 1.87. The fourth-order valence-corrected chi connectivity index (χ4v) is 3.67. The molecule has 12 heteroatoms. The highest BCUT2D eigenvalue weighted by atomic mass is 19.4. The molecule has 1 saturated carbocycles. The van der Waals surface area contributed by atoms with Gasteiger partial charge in [-0.15, -0.1) is 0 Å². The molecule has 9 nitrogen and oxygen atoms in total. The number of halogens is 3. The first kappa shape index (κ1) is 24.2. The highest BCUT2D eigenvalue weighted by molar-refractivity contribution is 6.00. The van der Waals surface area contributed by atoms with Gasteiger partial charge < -0.3 is 23.7 Å². The summed E-state index contributed by atoms with van der Waals surface area (Å²) >= 11 is 0. The molecule has 1 aromatic rings. The quantitative estimate of drug-likeness (QED) is 0.447. The molecule has 0 aromatic carbocycles. The van der Waals surface area contributed by atoms with Crippen molar-refractivity contribution in [2.45, 2.75) is 63.5 Å². The van der Waals surface area contributed by atoms with Crippen LogP contribution >= 0.6 is 0 Å². The largest absolute Gasteiger partial charge is 0.474 e. The number of nitrogens with zero attached hydrogens (tertiary/aromatic N) is 2. The average Bonchev–Trinajstić information content (AvgIpc) is 3.18. The van der Waals surface area contributed by atoms with Crippen molar-refractivity contribution in [2.75, 3.05) is 26.4 Å². The van der Waals surface area contributed by atoms with E-state index >= 15 is 0 Å². The molecular formula is C20H25F3N2O7. The molecule has 32 heavy (non-hydrogen) atoms. The average molecular weight is 462 g/mol. The third kappa shape index (κ3) is 5.66. The van der Waals surface area contributed by atoms with Crippen LogP contribution < -0.4 is 4.74 Å². The molecule has 178 valence electrons. The van der Waals surface area contributed by atoms with Crippen molar-refractivity contribution in [3.63, 3.8) is 0 Å². The van der Waals surface area contributed by atoms with Gasteiger partial charge in [0.05, 0.1) is 32.1 Å². The molecule has 2 heterocycles. The van der Waals surface area contributed by atoms with Crippen molar-refractivity contribution >= 4 is 11.9 Å². The van der Waals surface area contributed by atoms with E-state index in [2.05, 4.69) is 9.97 Å². The zero-order valence-corrected chi connectivity index (χ0v) is 17.8. The number of ether oxygens (including phenoxy) is 5. The predicted octanol–water partition coefficient (Wildman–Crippen LogP) is 2.77. The second-order valence-electron chi connectivity index (χ2n) is 7.31. The number of hydrogen-bond acceptors (Lipinski definition) is 9. The lowest BCUT2D eigenvalue weighted by molar-refractivity contribution is -0.186. The van der Waals surface area contributed by atoms with Crippen LogP contribution in [-0.4, -0.2) is 60.2 Å². The summed E-state index contributed by atoms with van der Waals surface area (Å²) in [7, 11) is 0. The standard InChI is InChI=1S/C20H25F3N2O7/c1-3-28-16(26)15(17(27)29-4-2)13-11-14(25-18(24-13)20(21,22)23)32-12-5-7-19(8-6-12)30-9-10-31-19/h11-12,15H,3-10H2,1-2H3. The molecule has 2 fully saturated rings. The number of hydrogen-bond donors (Lipinski definition) is 0. The Kier molecular flexibility index (Phi) is 7.55. The number of esters is 2. The molecule has 1 aliphatic carbocycles. The summed E-state index contributed by atoms with van der Waals surface area (Å²) in [5.74, 6) is -6.52. The zero-order valence-electron chi connectivity index (χ0n) is 17.8. The summed E-state index contributed by atoms with van der Waals surface area (Å²) in [6.45, 7) is 3.84. The molecule has 3 rings (SSSR count). The van der Waals surface area contributed by atoms with E-state index in [1.165, 1.54) is 13.8 Å². The number of aromatic nitrogens is 2. The highest BCUT2D eigenvalue weighted by Gasteiger charge is 2.42. The molecule has 0 N–H and O–H groups in total. The summed E-state index contributed by atoms with van der Waals surface area (Å²) in [6, 6.07) is 1.04. The second kappa shape index (κ2) is 9.99. The SMILES string of the molecule is CCOC(=O)C(C(=O)OCC)c1cc(OC2CCC3(CC2)OCCO3)nc(C(F)(F)F)n1. The van der Waals surface area contributed by atoms with Crippen LogP contribution in [0.5, 0.6) is 5.88 Å². The van der Waals surface area contributed by atoms with Crippen LogP contribution in [0.2, 0.25) is 0 Å². The summed E-state index contributed by atoms with van der Waals surface area (Å²) in [4.78, 5) is 31.5. The summed E-state index contributed by atoms with van der Waals surface area (Å²) < 4.78 is 67.0. The molecular weight excluding hydrogens is 437 g/mol. The van der Waals surface area contributed by atoms with Gasteiger partial charge in [0.15, 0.2) is 11.7 Å². The Bertz CT molecular complexity index is 800. The molecule has 2 aliphatic rings. The minimum absolute atomic E-state index is 0.0801. The van der Waals surface area contributed by atoms with Gasteiger partial charge in [-0.2, -0.15) is 18.2 Å². The molecule has 1 spiro atoms. The first-order valence-corrected chi connectivity index (χ1v) is 10.4. The van der Waals surface area contributed by atoms with Crippen LogP contribution in [0.25, 0.3) is 0 Å². The van der Waals surface area contributed by atoms with Crippen molar-refractivity contribution in [1.82, 2.24) is 9.97 Å². The Hall–Kier alpha value is -2.47. The fourth-order valence-electron chi connectivity index (χ4n) is 3.67. The Morgan fingerprint density at radius 1 is 1.09 bits per heavy atom. The number of rotatable bonds is 7. The van der Waals surface area contributed by atoms with E-state index in [0.29, 0.717) is 38.9 Å². The van der Waals surface area contributed by atoms with E-state index in [0.717, 1.165) is 6.07 Å². The second-order valence-corrected chi connectivity index (χ2v) is 7.31. The van der Waals surface area contributed by atoms with Crippen LogP contribution in [0.1, 0.15) is 57.0 Å². The Morgan fingerprint density at radius 3 is 2.16 bits per heavy atom. The van der Waals surface area contributed by atoms with Gasteiger partial charge in [-0.05, 0) is 26.7 Å². The maximum Gasteiger partial charge on any atom is 0.451 e. The van der Waals surface area contributed by atoms with Gasteiger partial charge in [0, 0.05) is 18.9 Å². The van der Waals surface area contributed by atoms with E-state index in [-0.39, 0.29) is 13.2 Å². The van der Waals surface area contributed by atoms with Gasteiger partial charge in [-0.1, -0.05) is 0 Å². The maximum atomic E-state index is 13.4. The highest BCUT2D eigenvalue weighted by Crippen LogP contribution is 2.37. The lowest BCUT2D eigenvalue weighted by Gasteiger charge is -2.35. The van der Waals surface area contributed by atoms with Crippen LogP contribution in [0.4, 0.5) is 13.2 Å². The topological polar surface area (TPSA) is 106 Å². The molecule has 0 unspecified atom stereocenters. The van der Waals surface area contributed by atoms with E-state index in [4.69, 9.17) is 23.7 Å². The van der Waals surface area contributed by atoms with Crippen LogP contribution in [0, 0.1) is 0 Å². The first-order chi connectivity index (χ1) is 15.2. The normalized spacial score (nSPS) is 18.7. The molecule has 0 atom stereocenters. The van der Waals surface area contributed by atoms with Crippen LogP contribution in [0.15, 0.2) is 6.07 Å². The third-order valence-corrected chi connectivity index (χ3v) is 5.11. The van der Waals surface area contributed by atoms with Crippen molar-refractivity contribution < 1.29 is 46.4 Å².